The van der Waals surface area contributed by atoms with E-state index in [0.717, 1.165) is 13.1 Å². The van der Waals surface area contributed by atoms with Crippen molar-refractivity contribution < 1.29 is 40.6 Å². The number of alkyl halides is 6. The Morgan fingerprint density at radius 3 is 2.51 bits per heavy atom. The topological polar surface area (TPSA) is 95.1 Å². The summed E-state index contributed by atoms with van der Waals surface area (Å²) in [5.74, 6) is -1.58. The number of piperazine rings is 1. The molecule has 0 bridgehead atoms. The Kier molecular flexibility index (Phi) is 9.63. The predicted octanol–water partition coefficient (Wildman–Crippen LogP) is 3.94. The van der Waals surface area contributed by atoms with Gasteiger partial charge in [-0.25, -0.2) is 4.98 Å². The lowest BCUT2D eigenvalue weighted by atomic mass is 10.2. The van der Waals surface area contributed by atoms with Crippen LogP contribution < -0.4 is 20.3 Å². The third-order valence-electron chi connectivity index (χ3n) is 6.62. The second-order valence-electron chi connectivity index (χ2n) is 9.62. The molecule has 3 heterocycles. The lowest BCUT2D eigenvalue weighted by Crippen LogP contribution is -2.44. The number of nitrogens with one attached hydrogen (secondary N) is 2. The molecule has 226 valence electrons. The molecular weight excluding hydrogens is 560 g/mol. The summed E-state index contributed by atoms with van der Waals surface area (Å²) < 4.78 is 90.1. The second kappa shape index (κ2) is 13.0. The Morgan fingerprint density at radius 2 is 1.80 bits per heavy atom. The van der Waals surface area contributed by atoms with E-state index in [9.17, 15) is 31.1 Å². The summed E-state index contributed by atoms with van der Waals surface area (Å²) in [4.78, 5) is 25.3. The highest BCUT2D eigenvalue weighted by molar-refractivity contribution is 5.76. The number of hydrogen-bond acceptors (Lipinski definition) is 9. The van der Waals surface area contributed by atoms with Crippen LogP contribution in [0.2, 0.25) is 0 Å². The van der Waals surface area contributed by atoms with Gasteiger partial charge in [0.15, 0.2) is 5.75 Å². The number of likely N-dealkylation sites (N-methyl/N-ethyl adjacent to an activating group) is 1. The van der Waals surface area contributed by atoms with E-state index in [0.29, 0.717) is 57.7 Å². The minimum absolute atomic E-state index is 0.0479. The van der Waals surface area contributed by atoms with Crippen LogP contribution in [0.3, 0.4) is 0 Å². The van der Waals surface area contributed by atoms with Crippen LogP contribution in [0, 0.1) is 0 Å². The Balaban J connectivity index is 1.50. The molecule has 4 rings (SSSR count). The van der Waals surface area contributed by atoms with Crippen molar-refractivity contribution in [3.8, 4) is 5.75 Å². The van der Waals surface area contributed by atoms with Crippen LogP contribution in [0.5, 0.6) is 5.75 Å². The smallest absolute Gasteiger partial charge is 0.403 e. The SMILES string of the molecule is CN1CCN(c2ccc(Nc3ncc(C(F)(F)F)c(NCCCN4CCOCCC4=O)n3)c(OC(F)(F)F)c2)CC1. The fraction of sp³-hybridized carbons (Fsp3) is 0.560. The quantitative estimate of drug-likeness (QED) is 0.332. The third-order valence-corrected chi connectivity index (χ3v) is 6.62. The molecule has 1 amide bonds. The molecular formula is C25H31F6N7O3. The second-order valence-corrected chi connectivity index (χ2v) is 9.62. The fourth-order valence-electron chi connectivity index (χ4n) is 4.42. The van der Waals surface area contributed by atoms with E-state index < -0.39 is 29.7 Å². The number of nitrogens with zero attached hydrogens (tertiary/aromatic N) is 5. The molecule has 2 aliphatic rings. The van der Waals surface area contributed by atoms with Crippen molar-refractivity contribution in [1.29, 1.82) is 0 Å². The summed E-state index contributed by atoms with van der Waals surface area (Å²) >= 11 is 0. The van der Waals surface area contributed by atoms with Crippen molar-refractivity contribution in [2.45, 2.75) is 25.4 Å². The first-order valence-corrected chi connectivity index (χ1v) is 13.0. The summed E-state index contributed by atoms with van der Waals surface area (Å²) in [6.07, 6.45) is -8.67. The summed E-state index contributed by atoms with van der Waals surface area (Å²) in [6, 6.07) is 4.15. The van der Waals surface area contributed by atoms with Crippen LogP contribution in [0.1, 0.15) is 18.4 Å². The summed E-state index contributed by atoms with van der Waals surface area (Å²) in [5, 5.41) is 5.18. The standard InChI is InChI=1S/C25H31F6N7O3/c1-36-8-10-37(11-9-36)17-3-4-19(20(15-17)41-25(29,30)31)34-23-33-16-18(24(26,27)28)22(35-23)32-6-2-7-38-12-14-40-13-5-21(38)39/h3-4,15-16H,2,5-14H2,1H3,(H2,32,33,34,35). The van der Waals surface area contributed by atoms with Gasteiger partial charge in [-0.1, -0.05) is 0 Å². The molecule has 0 saturated carbocycles. The molecule has 41 heavy (non-hydrogen) atoms. The number of anilines is 4. The van der Waals surface area contributed by atoms with Gasteiger partial charge in [-0.15, -0.1) is 13.2 Å². The number of benzene rings is 1. The van der Waals surface area contributed by atoms with Crippen LogP contribution in [0.25, 0.3) is 0 Å². The zero-order valence-electron chi connectivity index (χ0n) is 22.3. The van der Waals surface area contributed by atoms with Gasteiger partial charge in [0.25, 0.3) is 0 Å². The Morgan fingerprint density at radius 1 is 1.05 bits per heavy atom. The molecule has 0 aliphatic carbocycles. The number of rotatable bonds is 9. The third kappa shape index (κ3) is 8.73. The first kappa shape index (κ1) is 30.4. The molecule has 0 unspecified atom stereocenters. The lowest BCUT2D eigenvalue weighted by molar-refractivity contribution is -0.274. The Labute approximate surface area is 232 Å². The number of carbonyl (C=O) groups excluding carboxylic acids is 1. The van der Waals surface area contributed by atoms with Crippen LogP contribution in [-0.2, 0) is 15.7 Å². The monoisotopic (exact) mass is 591 g/mol. The Hall–Kier alpha value is -3.53. The zero-order valence-corrected chi connectivity index (χ0v) is 22.3. The Bertz CT molecular complexity index is 1190. The minimum Gasteiger partial charge on any atom is -0.403 e. The summed E-state index contributed by atoms with van der Waals surface area (Å²) in [6.45, 7) is 4.13. The van der Waals surface area contributed by atoms with Gasteiger partial charge in [-0.05, 0) is 25.6 Å². The van der Waals surface area contributed by atoms with Crippen molar-refractivity contribution in [3.05, 3.63) is 30.0 Å². The molecule has 16 heteroatoms. The first-order chi connectivity index (χ1) is 19.4. The van der Waals surface area contributed by atoms with E-state index in [4.69, 9.17) is 4.74 Å². The van der Waals surface area contributed by atoms with Gasteiger partial charge in [-0.2, -0.15) is 18.2 Å². The highest BCUT2D eigenvalue weighted by Gasteiger charge is 2.36. The number of hydrogen-bond donors (Lipinski definition) is 2. The molecule has 2 N–H and O–H groups in total. The first-order valence-electron chi connectivity index (χ1n) is 13.0. The van der Waals surface area contributed by atoms with Crippen molar-refractivity contribution >= 4 is 29.0 Å². The molecule has 2 aliphatic heterocycles. The van der Waals surface area contributed by atoms with E-state index in [-0.39, 0.29) is 30.5 Å². The highest BCUT2D eigenvalue weighted by Crippen LogP contribution is 2.37. The zero-order chi connectivity index (χ0) is 29.6. The predicted molar refractivity (Wildman–Crippen MR) is 138 cm³/mol. The largest absolute Gasteiger partial charge is 0.573 e. The normalized spacial score (nSPS) is 17.4. The average Bonchev–Trinajstić information content (AvgIpc) is 3.10. The van der Waals surface area contributed by atoms with E-state index in [2.05, 4.69) is 30.2 Å². The number of aromatic nitrogens is 2. The lowest BCUT2D eigenvalue weighted by Gasteiger charge is -2.34. The van der Waals surface area contributed by atoms with Crippen molar-refractivity contribution in [3.63, 3.8) is 0 Å². The van der Waals surface area contributed by atoms with Crippen molar-refractivity contribution in [1.82, 2.24) is 19.8 Å². The van der Waals surface area contributed by atoms with Crippen LogP contribution in [0.15, 0.2) is 24.4 Å². The summed E-state index contributed by atoms with van der Waals surface area (Å²) in [7, 11) is 1.95. The van der Waals surface area contributed by atoms with Gasteiger partial charge in [0.1, 0.15) is 11.4 Å². The highest BCUT2D eigenvalue weighted by atomic mass is 19.4. The molecule has 2 saturated heterocycles. The van der Waals surface area contributed by atoms with Gasteiger partial charge in [0.2, 0.25) is 11.9 Å². The molecule has 0 spiro atoms. The number of amides is 1. The maximum Gasteiger partial charge on any atom is 0.573 e. The average molecular weight is 592 g/mol. The minimum atomic E-state index is -5.01. The van der Waals surface area contributed by atoms with Gasteiger partial charge < -0.3 is 34.8 Å². The van der Waals surface area contributed by atoms with Gasteiger partial charge >= 0.3 is 12.5 Å². The maximum atomic E-state index is 13.6. The molecule has 10 nitrogen and oxygen atoms in total. The number of halogens is 6. The van der Waals surface area contributed by atoms with Crippen molar-refractivity contribution in [2.24, 2.45) is 0 Å². The van der Waals surface area contributed by atoms with Gasteiger partial charge in [0, 0.05) is 63.8 Å². The van der Waals surface area contributed by atoms with E-state index >= 15 is 0 Å². The van der Waals surface area contributed by atoms with E-state index in [1.165, 1.54) is 12.1 Å². The fourth-order valence-corrected chi connectivity index (χ4v) is 4.42. The van der Waals surface area contributed by atoms with E-state index in [1.54, 1.807) is 11.0 Å². The summed E-state index contributed by atoms with van der Waals surface area (Å²) in [5.41, 5.74) is -0.805. The van der Waals surface area contributed by atoms with Crippen LogP contribution in [-0.4, -0.2) is 98.1 Å². The van der Waals surface area contributed by atoms with Gasteiger partial charge in [-0.3, -0.25) is 4.79 Å². The van der Waals surface area contributed by atoms with Crippen LogP contribution >= 0.6 is 0 Å². The molecule has 0 radical (unpaired) electrons. The molecule has 2 fully saturated rings. The number of carbonyl (C=O) groups is 1. The van der Waals surface area contributed by atoms with E-state index in [1.807, 2.05) is 11.9 Å². The maximum absolute atomic E-state index is 13.6. The molecule has 0 atom stereocenters. The van der Waals surface area contributed by atoms with Crippen LogP contribution in [0.4, 0.5) is 49.5 Å². The number of ether oxygens (including phenoxy) is 2. The van der Waals surface area contributed by atoms with Crippen molar-refractivity contribution in [2.75, 3.05) is 81.6 Å². The van der Waals surface area contributed by atoms with Gasteiger partial charge in [0.05, 0.1) is 25.3 Å². The molecule has 2 aromatic rings. The molecule has 1 aromatic heterocycles. The molecule has 1 aromatic carbocycles.